The molecule has 5 heteroatoms. The lowest BCUT2D eigenvalue weighted by atomic mass is 10.0. The summed E-state index contributed by atoms with van der Waals surface area (Å²) in [5.74, 6) is -0.352. The van der Waals surface area contributed by atoms with Gasteiger partial charge in [-0.3, -0.25) is 14.5 Å². The maximum atomic E-state index is 13.1. The van der Waals surface area contributed by atoms with Crippen LogP contribution in [0, 0.1) is 13.8 Å². The Balaban J connectivity index is 1.63. The fraction of sp³-hybridized carbons (Fsp3) is 0.333. The highest BCUT2D eigenvalue weighted by Gasteiger charge is 2.41. The van der Waals surface area contributed by atoms with E-state index in [4.69, 9.17) is 0 Å². The second kappa shape index (κ2) is 7.74. The van der Waals surface area contributed by atoms with Crippen molar-refractivity contribution in [1.82, 2.24) is 9.80 Å². The van der Waals surface area contributed by atoms with Gasteiger partial charge < -0.3 is 9.80 Å². The molecule has 5 nitrogen and oxygen atoms in total. The quantitative estimate of drug-likeness (QED) is 0.753. The van der Waals surface area contributed by atoms with Crippen molar-refractivity contribution in [3.63, 3.8) is 0 Å². The molecule has 0 saturated carbocycles. The molecule has 2 aliphatic rings. The number of benzene rings is 2. The van der Waals surface area contributed by atoms with E-state index in [0.29, 0.717) is 17.8 Å². The zero-order chi connectivity index (χ0) is 20.5. The molecule has 0 radical (unpaired) electrons. The van der Waals surface area contributed by atoms with Gasteiger partial charge in [0.1, 0.15) is 5.70 Å². The first kappa shape index (κ1) is 19.2. The average Bonchev–Trinajstić information content (AvgIpc) is 2.98. The molecule has 1 fully saturated rings. The van der Waals surface area contributed by atoms with Crippen LogP contribution in [0.4, 0.5) is 5.69 Å². The van der Waals surface area contributed by atoms with E-state index in [9.17, 15) is 9.59 Å². The normalized spacial score (nSPS) is 17.6. The molecule has 0 aromatic heterocycles. The summed E-state index contributed by atoms with van der Waals surface area (Å²) in [5, 5.41) is 0. The zero-order valence-electron chi connectivity index (χ0n) is 17.3. The highest BCUT2D eigenvalue weighted by molar-refractivity contribution is 6.35. The maximum Gasteiger partial charge on any atom is 0.277 e. The van der Waals surface area contributed by atoms with Gasteiger partial charge >= 0.3 is 0 Å². The monoisotopic (exact) mass is 389 g/mol. The lowest BCUT2D eigenvalue weighted by molar-refractivity contribution is -0.137. The first-order chi connectivity index (χ1) is 14.0. The van der Waals surface area contributed by atoms with Crippen molar-refractivity contribution in [2.75, 3.05) is 37.6 Å². The summed E-state index contributed by atoms with van der Waals surface area (Å²) < 4.78 is 0. The average molecular weight is 389 g/mol. The summed E-state index contributed by atoms with van der Waals surface area (Å²) in [5.41, 5.74) is 5.50. The minimum Gasteiger partial charge on any atom is -0.368 e. The first-order valence-corrected chi connectivity index (χ1v) is 10.2. The fourth-order valence-electron chi connectivity index (χ4n) is 4.14. The molecule has 0 bridgehead atoms. The molecule has 2 heterocycles. The number of rotatable bonds is 4. The maximum absolute atomic E-state index is 13.1. The molecule has 2 aliphatic heterocycles. The van der Waals surface area contributed by atoms with Crippen molar-refractivity contribution in [3.05, 3.63) is 70.9 Å². The van der Waals surface area contributed by atoms with Crippen LogP contribution in [-0.4, -0.2) is 54.3 Å². The smallest absolute Gasteiger partial charge is 0.277 e. The van der Waals surface area contributed by atoms with Crippen molar-refractivity contribution in [1.29, 1.82) is 0 Å². The molecular formula is C24H27N3O2. The van der Waals surface area contributed by atoms with Gasteiger partial charge in [0, 0.05) is 38.4 Å². The molecule has 0 N–H and O–H groups in total. The van der Waals surface area contributed by atoms with Crippen molar-refractivity contribution >= 4 is 23.1 Å². The van der Waals surface area contributed by atoms with Gasteiger partial charge in [-0.2, -0.15) is 0 Å². The molecule has 2 aromatic rings. The summed E-state index contributed by atoms with van der Waals surface area (Å²) >= 11 is 0. The van der Waals surface area contributed by atoms with Gasteiger partial charge in [-0.05, 0) is 44.0 Å². The van der Waals surface area contributed by atoms with E-state index < -0.39 is 0 Å². The molecule has 2 aromatic carbocycles. The van der Waals surface area contributed by atoms with E-state index in [1.165, 1.54) is 16.2 Å². The Hall–Kier alpha value is -3.08. The fourth-order valence-corrected chi connectivity index (χ4v) is 4.14. The van der Waals surface area contributed by atoms with E-state index in [1.54, 1.807) is 0 Å². The Bertz CT molecular complexity index is 970. The van der Waals surface area contributed by atoms with E-state index in [1.807, 2.05) is 38.1 Å². The highest BCUT2D eigenvalue weighted by Crippen LogP contribution is 2.32. The second-order valence-corrected chi connectivity index (χ2v) is 7.76. The number of carbonyl (C=O) groups excluding carboxylic acids is 2. The molecule has 0 aliphatic carbocycles. The van der Waals surface area contributed by atoms with Crippen LogP contribution in [0.3, 0.4) is 0 Å². The lowest BCUT2D eigenvalue weighted by Crippen LogP contribution is -2.47. The molecule has 4 rings (SSSR count). The van der Waals surface area contributed by atoms with Crippen molar-refractivity contribution in [2.45, 2.75) is 20.8 Å². The number of anilines is 1. The Morgan fingerprint density at radius 3 is 2.07 bits per heavy atom. The van der Waals surface area contributed by atoms with Crippen LogP contribution in [0.2, 0.25) is 0 Å². The third-order valence-electron chi connectivity index (χ3n) is 5.76. The van der Waals surface area contributed by atoms with Crippen molar-refractivity contribution < 1.29 is 9.59 Å². The van der Waals surface area contributed by atoms with Gasteiger partial charge in [-0.1, -0.05) is 42.0 Å². The van der Waals surface area contributed by atoms with E-state index in [-0.39, 0.29) is 11.8 Å². The second-order valence-electron chi connectivity index (χ2n) is 7.76. The van der Waals surface area contributed by atoms with Crippen LogP contribution in [0.5, 0.6) is 0 Å². The minimum atomic E-state index is -0.183. The number of amides is 2. The number of aryl methyl sites for hydroxylation is 2. The van der Waals surface area contributed by atoms with Gasteiger partial charge in [-0.25, -0.2) is 0 Å². The predicted molar refractivity (Wildman–Crippen MR) is 115 cm³/mol. The summed E-state index contributed by atoms with van der Waals surface area (Å²) in [6.07, 6.45) is 0. The molecule has 2 amide bonds. The van der Waals surface area contributed by atoms with E-state index in [2.05, 4.69) is 41.0 Å². The lowest BCUT2D eigenvalue weighted by Gasteiger charge is -2.37. The third-order valence-corrected chi connectivity index (χ3v) is 5.76. The van der Waals surface area contributed by atoms with Crippen LogP contribution in [-0.2, 0) is 9.59 Å². The van der Waals surface area contributed by atoms with E-state index >= 15 is 0 Å². The molecule has 0 spiro atoms. The SMILES string of the molecule is CCN1C(=O)C(c2ccc(C)cc2)=C(N2CCN(c3cccc(C)c3)CC2)C1=O. The van der Waals surface area contributed by atoms with Gasteiger partial charge in [0.15, 0.2) is 0 Å². The molecular weight excluding hydrogens is 362 g/mol. The number of likely N-dealkylation sites (N-methyl/N-ethyl adjacent to an activating group) is 1. The highest BCUT2D eigenvalue weighted by atomic mass is 16.2. The first-order valence-electron chi connectivity index (χ1n) is 10.2. The van der Waals surface area contributed by atoms with Gasteiger partial charge in [0.2, 0.25) is 0 Å². The number of piperazine rings is 1. The molecule has 29 heavy (non-hydrogen) atoms. The molecule has 1 saturated heterocycles. The molecule has 0 atom stereocenters. The Morgan fingerprint density at radius 1 is 0.793 bits per heavy atom. The van der Waals surface area contributed by atoms with Crippen LogP contribution in [0.1, 0.15) is 23.6 Å². The predicted octanol–water partition coefficient (Wildman–Crippen LogP) is 3.23. The zero-order valence-corrected chi connectivity index (χ0v) is 17.3. The Kier molecular flexibility index (Phi) is 5.14. The summed E-state index contributed by atoms with van der Waals surface area (Å²) in [7, 11) is 0. The van der Waals surface area contributed by atoms with Crippen LogP contribution in [0.15, 0.2) is 54.2 Å². The van der Waals surface area contributed by atoms with Crippen LogP contribution in [0.25, 0.3) is 5.57 Å². The van der Waals surface area contributed by atoms with Crippen molar-refractivity contribution in [2.24, 2.45) is 0 Å². The number of hydrogen-bond acceptors (Lipinski definition) is 4. The van der Waals surface area contributed by atoms with Crippen molar-refractivity contribution in [3.8, 4) is 0 Å². The van der Waals surface area contributed by atoms with Crippen LogP contribution < -0.4 is 4.90 Å². The number of hydrogen-bond donors (Lipinski definition) is 0. The van der Waals surface area contributed by atoms with Crippen LogP contribution >= 0.6 is 0 Å². The largest absolute Gasteiger partial charge is 0.368 e. The minimum absolute atomic E-state index is 0.169. The Morgan fingerprint density at radius 2 is 1.45 bits per heavy atom. The molecule has 0 unspecified atom stereocenters. The summed E-state index contributed by atoms with van der Waals surface area (Å²) in [4.78, 5) is 31.9. The number of imide groups is 1. The topological polar surface area (TPSA) is 43.9 Å². The van der Waals surface area contributed by atoms with Gasteiger partial charge in [0.25, 0.3) is 11.8 Å². The molecule has 150 valence electrons. The Labute approximate surface area is 172 Å². The number of nitrogens with zero attached hydrogens (tertiary/aromatic N) is 3. The summed E-state index contributed by atoms with van der Waals surface area (Å²) in [6.45, 7) is 9.43. The third kappa shape index (κ3) is 3.53. The van der Waals surface area contributed by atoms with Gasteiger partial charge in [0.05, 0.1) is 5.57 Å². The summed E-state index contributed by atoms with van der Waals surface area (Å²) in [6, 6.07) is 16.4. The number of carbonyl (C=O) groups is 2. The van der Waals surface area contributed by atoms with E-state index in [0.717, 1.165) is 37.3 Å². The van der Waals surface area contributed by atoms with Gasteiger partial charge in [-0.15, -0.1) is 0 Å². The standard InChI is InChI=1S/C24H27N3O2/c1-4-27-23(28)21(19-10-8-17(2)9-11-19)22(24(27)29)26-14-12-25(13-15-26)20-7-5-6-18(3)16-20/h5-11,16H,4,12-15H2,1-3H3.